The van der Waals surface area contributed by atoms with Gasteiger partial charge in [0.2, 0.25) is 0 Å². The van der Waals surface area contributed by atoms with E-state index in [1.54, 1.807) is 0 Å². The minimum atomic E-state index is 0. The third kappa shape index (κ3) is 15.6. The predicted molar refractivity (Wildman–Crippen MR) is 171 cm³/mol. The summed E-state index contributed by atoms with van der Waals surface area (Å²) >= 11 is 0. The van der Waals surface area contributed by atoms with Gasteiger partial charge in [-0.2, -0.15) is 0 Å². The van der Waals surface area contributed by atoms with Crippen molar-refractivity contribution < 1.29 is 16.5 Å². The summed E-state index contributed by atoms with van der Waals surface area (Å²) in [5, 5.41) is 0. The summed E-state index contributed by atoms with van der Waals surface area (Å²) in [4.78, 5) is 10.5. The first kappa shape index (κ1) is 35.3. The molecular formula is C36H56N2Ni. The van der Waals surface area contributed by atoms with Crippen molar-refractivity contribution in [1.29, 1.82) is 0 Å². The van der Waals surface area contributed by atoms with Gasteiger partial charge in [0.25, 0.3) is 0 Å². The predicted octanol–water partition coefficient (Wildman–Crippen LogP) is 12.0. The van der Waals surface area contributed by atoms with Crippen LogP contribution in [-0.4, -0.2) is 11.4 Å². The van der Waals surface area contributed by atoms with Crippen molar-refractivity contribution in [3.05, 3.63) is 58.7 Å². The molecule has 0 aliphatic rings. The Morgan fingerprint density at radius 2 is 0.744 bits per heavy atom. The molecule has 0 atom stereocenters. The van der Waals surface area contributed by atoms with E-state index >= 15 is 0 Å². The van der Waals surface area contributed by atoms with Gasteiger partial charge in [0.05, 0.1) is 22.8 Å². The summed E-state index contributed by atoms with van der Waals surface area (Å²) < 4.78 is 0. The van der Waals surface area contributed by atoms with Gasteiger partial charge in [-0.1, -0.05) is 103 Å². The van der Waals surface area contributed by atoms with Crippen LogP contribution in [0, 0.1) is 27.7 Å². The van der Waals surface area contributed by atoms with Gasteiger partial charge in [0.15, 0.2) is 0 Å². The number of aryl methyl sites for hydroxylation is 4. The van der Waals surface area contributed by atoms with Crippen molar-refractivity contribution >= 4 is 22.8 Å². The number of hydrogen-bond donors (Lipinski definition) is 0. The number of hydrogen-bond acceptors (Lipinski definition) is 2. The molecule has 0 fully saturated rings. The molecule has 0 spiro atoms. The Labute approximate surface area is 251 Å². The smallest absolute Gasteiger partial charge is 0.0639 e. The Morgan fingerprint density at radius 1 is 0.436 bits per heavy atom. The third-order valence-corrected chi connectivity index (χ3v) is 7.31. The molecule has 0 N–H and O–H groups in total. The minimum Gasteiger partial charge on any atom is -0.252 e. The maximum absolute atomic E-state index is 5.25. The standard InChI is InChI=1S/C36H56N2.Ni/c1-7-9-11-12-13-14-15-16-17-18-19-20-22-36(38-34-27-31(5)24-32(6)28-34)35(21-10-8-2)37-33-25-29(3)23-30(4)26-33;/h23-28H,7-22H2,1-6H3;. The molecule has 0 amide bonds. The molecular weight excluding hydrogens is 519 g/mol. The molecule has 2 aromatic carbocycles. The first-order chi connectivity index (χ1) is 18.4. The molecule has 0 aliphatic carbocycles. The number of rotatable bonds is 19. The van der Waals surface area contributed by atoms with Gasteiger partial charge in [-0.3, -0.25) is 9.98 Å². The second kappa shape index (κ2) is 21.1. The van der Waals surface area contributed by atoms with Crippen LogP contribution < -0.4 is 0 Å². The van der Waals surface area contributed by atoms with Crippen LogP contribution in [0.2, 0.25) is 0 Å². The molecule has 0 aliphatic heterocycles. The van der Waals surface area contributed by atoms with Crippen LogP contribution in [0.1, 0.15) is 139 Å². The Balaban J connectivity index is 0.00000760. The van der Waals surface area contributed by atoms with Crippen molar-refractivity contribution in [2.24, 2.45) is 9.98 Å². The van der Waals surface area contributed by atoms with E-state index in [1.165, 1.54) is 117 Å². The van der Waals surface area contributed by atoms with E-state index in [0.717, 1.165) is 30.6 Å². The molecule has 220 valence electrons. The van der Waals surface area contributed by atoms with Crippen LogP contribution in [0.15, 0.2) is 46.4 Å². The largest absolute Gasteiger partial charge is 0.252 e. The van der Waals surface area contributed by atoms with Crippen LogP contribution in [0.4, 0.5) is 11.4 Å². The van der Waals surface area contributed by atoms with Gasteiger partial charge in [0, 0.05) is 16.5 Å². The zero-order valence-corrected chi connectivity index (χ0v) is 27.0. The molecule has 2 nitrogen and oxygen atoms in total. The van der Waals surface area contributed by atoms with E-state index in [-0.39, 0.29) is 16.5 Å². The van der Waals surface area contributed by atoms with Crippen molar-refractivity contribution in [3.63, 3.8) is 0 Å². The molecule has 0 aromatic heterocycles. The van der Waals surface area contributed by atoms with Crippen molar-refractivity contribution in [3.8, 4) is 0 Å². The summed E-state index contributed by atoms with van der Waals surface area (Å²) in [5.41, 5.74) is 9.59. The van der Waals surface area contributed by atoms with Crippen LogP contribution >= 0.6 is 0 Å². The maximum Gasteiger partial charge on any atom is 0.0639 e. The Hall–Kier alpha value is -1.73. The zero-order valence-electron chi connectivity index (χ0n) is 26.0. The molecule has 2 rings (SSSR count). The quantitative estimate of drug-likeness (QED) is 0.0904. The van der Waals surface area contributed by atoms with Crippen LogP contribution in [0.5, 0.6) is 0 Å². The normalized spacial score (nSPS) is 12.1. The average Bonchev–Trinajstić information content (AvgIpc) is 2.85. The topological polar surface area (TPSA) is 24.7 Å². The van der Waals surface area contributed by atoms with Crippen LogP contribution in [0.3, 0.4) is 0 Å². The zero-order chi connectivity index (χ0) is 27.6. The van der Waals surface area contributed by atoms with E-state index < -0.39 is 0 Å². The Kier molecular flexibility index (Phi) is 19.1. The minimum absolute atomic E-state index is 0. The molecule has 2 aromatic rings. The molecule has 0 radical (unpaired) electrons. The molecule has 0 saturated heterocycles. The number of unbranched alkanes of at least 4 members (excludes halogenated alkanes) is 12. The summed E-state index contributed by atoms with van der Waals surface area (Å²) in [7, 11) is 0. The molecule has 0 heterocycles. The molecule has 0 bridgehead atoms. The van der Waals surface area contributed by atoms with Gasteiger partial charge in [-0.05, 0) is 99.9 Å². The van der Waals surface area contributed by atoms with Gasteiger partial charge in [0.1, 0.15) is 0 Å². The van der Waals surface area contributed by atoms with Gasteiger partial charge < -0.3 is 0 Å². The first-order valence-corrected chi connectivity index (χ1v) is 15.7. The molecule has 0 unspecified atom stereocenters. The van der Waals surface area contributed by atoms with E-state index in [0.29, 0.717) is 0 Å². The number of nitrogens with zero attached hydrogens (tertiary/aromatic N) is 2. The maximum atomic E-state index is 5.25. The number of aliphatic imine (C=N–C) groups is 2. The summed E-state index contributed by atoms with van der Waals surface area (Å²) in [6, 6.07) is 13.3. The second-order valence-corrected chi connectivity index (χ2v) is 11.6. The fourth-order valence-electron chi connectivity index (χ4n) is 5.35. The molecule has 0 saturated carbocycles. The SMILES string of the molecule is CCCCCCCCCCCCCCC(=Nc1cc(C)cc(C)c1)C(CCCC)=Nc1cc(C)cc(C)c1.[Ni]. The molecule has 39 heavy (non-hydrogen) atoms. The van der Waals surface area contributed by atoms with Crippen molar-refractivity contribution in [1.82, 2.24) is 0 Å². The van der Waals surface area contributed by atoms with E-state index in [2.05, 4.69) is 77.9 Å². The van der Waals surface area contributed by atoms with E-state index in [9.17, 15) is 0 Å². The summed E-state index contributed by atoms with van der Waals surface area (Å²) in [5.74, 6) is 0. The summed E-state index contributed by atoms with van der Waals surface area (Å²) in [6.07, 6.45) is 20.8. The molecule has 3 heteroatoms. The Bertz CT molecular complexity index is 965. The summed E-state index contributed by atoms with van der Waals surface area (Å²) in [6.45, 7) is 13.2. The van der Waals surface area contributed by atoms with Crippen LogP contribution in [0.25, 0.3) is 0 Å². The second-order valence-electron chi connectivity index (χ2n) is 11.6. The van der Waals surface area contributed by atoms with E-state index in [4.69, 9.17) is 9.98 Å². The average molecular weight is 576 g/mol. The fraction of sp³-hybridized carbons (Fsp3) is 0.611. The van der Waals surface area contributed by atoms with Gasteiger partial charge in [-0.15, -0.1) is 0 Å². The first-order valence-electron chi connectivity index (χ1n) is 15.7. The van der Waals surface area contributed by atoms with Gasteiger partial charge >= 0.3 is 0 Å². The third-order valence-electron chi connectivity index (χ3n) is 7.31. The van der Waals surface area contributed by atoms with Crippen molar-refractivity contribution in [2.75, 3.05) is 0 Å². The fourth-order valence-corrected chi connectivity index (χ4v) is 5.35. The van der Waals surface area contributed by atoms with Crippen molar-refractivity contribution in [2.45, 2.75) is 144 Å². The van der Waals surface area contributed by atoms with E-state index in [1.807, 2.05) is 0 Å². The van der Waals surface area contributed by atoms with Gasteiger partial charge in [-0.25, -0.2) is 0 Å². The monoisotopic (exact) mass is 574 g/mol. The number of benzene rings is 2. The Morgan fingerprint density at radius 3 is 1.10 bits per heavy atom. The van der Waals surface area contributed by atoms with Crippen LogP contribution in [-0.2, 0) is 16.5 Å².